The van der Waals surface area contributed by atoms with Gasteiger partial charge in [-0.1, -0.05) is 12.1 Å². The molecule has 0 unspecified atom stereocenters. The number of rotatable bonds is 5. The number of hydrogen-bond donors (Lipinski definition) is 2. The van der Waals surface area contributed by atoms with Gasteiger partial charge in [0.05, 0.1) is 4.90 Å². The number of aryl methyl sites for hydroxylation is 1. The Hall–Kier alpha value is -1.92. The molecule has 21 heavy (non-hydrogen) atoms. The van der Waals surface area contributed by atoms with Crippen LogP contribution in [0.25, 0.3) is 0 Å². The van der Waals surface area contributed by atoms with E-state index in [-0.39, 0.29) is 17.3 Å². The SMILES string of the molecule is Cc1cc(F)ccc1CCNS(=O)(=O)c1cccc(N)c1. The third-order valence-electron chi connectivity index (χ3n) is 3.16. The zero-order chi connectivity index (χ0) is 15.5. The number of anilines is 1. The maximum absolute atomic E-state index is 13.0. The average molecular weight is 308 g/mol. The first-order valence-corrected chi connectivity index (χ1v) is 7.97. The topological polar surface area (TPSA) is 72.2 Å². The lowest BCUT2D eigenvalue weighted by molar-refractivity contribution is 0.581. The number of nitrogens with one attached hydrogen (secondary N) is 1. The second-order valence-corrected chi connectivity index (χ2v) is 6.56. The van der Waals surface area contributed by atoms with E-state index in [4.69, 9.17) is 5.73 Å². The van der Waals surface area contributed by atoms with E-state index in [9.17, 15) is 12.8 Å². The first-order chi connectivity index (χ1) is 9.88. The Morgan fingerprint density at radius 2 is 1.95 bits per heavy atom. The summed E-state index contributed by atoms with van der Waals surface area (Å²) in [4.78, 5) is 0.137. The van der Waals surface area contributed by atoms with Gasteiger partial charge in [-0.2, -0.15) is 0 Å². The number of nitrogen functional groups attached to an aromatic ring is 1. The molecule has 0 aliphatic carbocycles. The standard InChI is InChI=1S/C15H17FN2O2S/c1-11-9-13(16)6-5-12(11)7-8-18-21(19,20)15-4-2-3-14(17)10-15/h2-6,9-10,18H,7-8,17H2,1H3. The van der Waals surface area contributed by atoms with E-state index in [0.717, 1.165) is 11.1 Å². The van der Waals surface area contributed by atoms with Crippen molar-refractivity contribution < 1.29 is 12.8 Å². The van der Waals surface area contributed by atoms with Gasteiger partial charge in [0.2, 0.25) is 10.0 Å². The maximum atomic E-state index is 13.0. The van der Waals surface area contributed by atoms with Crippen molar-refractivity contribution in [2.75, 3.05) is 12.3 Å². The van der Waals surface area contributed by atoms with E-state index in [1.807, 2.05) is 0 Å². The van der Waals surface area contributed by atoms with Crippen molar-refractivity contribution in [3.8, 4) is 0 Å². The van der Waals surface area contributed by atoms with Crippen molar-refractivity contribution in [2.45, 2.75) is 18.2 Å². The highest BCUT2D eigenvalue weighted by Crippen LogP contribution is 2.13. The Morgan fingerprint density at radius 3 is 2.62 bits per heavy atom. The first-order valence-electron chi connectivity index (χ1n) is 6.49. The smallest absolute Gasteiger partial charge is 0.240 e. The normalized spacial score (nSPS) is 11.5. The Morgan fingerprint density at radius 1 is 1.19 bits per heavy atom. The molecule has 0 saturated heterocycles. The fraction of sp³-hybridized carbons (Fsp3) is 0.200. The molecule has 3 N–H and O–H groups in total. The van der Waals surface area contributed by atoms with Crippen molar-refractivity contribution in [2.24, 2.45) is 0 Å². The molecule has 2 aromatic carbocycles. The second-order valence-electron chi connectivity index (χ2n) is 4.79. The molecular weight excluding hydrogens is 291 g/mol. The molecule has 0 heterocycles. The summed E-state index contributed by atoms with van der Waals surface area (Å²) < 4.78 is 39.7. The quantitative estimate of drug-likeness (QED) is 0.832. The third kappa shape index (κ3) is 4.03. The van der Waals surface area contributed by atoms with Gasteiger partial charge in [0.25, 0.3) is 0 Å². The van der Waals surface area contributed by atoms with Crippen molar-refractivity contribution >= 4 is 15.7 Å². The summed E-state index contributed by atoms with van der Waals surface area (Å²) in [7, 11) is -3.58. The van der Waals surface area contributed by atoms with Crippen molar-refractivity contribution in [1.82, 2.24) is 4.72 Å². The highest BCUT2D eigenvalue weighted by molar-refractivity contribution is 7.89. The van der Waals surface area contributed by atoms with Crippen LogP contribution in [0.1, 0.15) is 11.1 Å². The van der Waals surface area contributed by atoms with Crippen LogP contribution in [0.5, 0.6) is 0 Å². The second kappa shape index (κ2) is 6.24. The van der Waals surface area contributed by atoms with Gasteiger partial charge >= 0.3 is 0 Å². The molecule has 0 bridgehead atoms. The van der Waals surface area contributed by atoms with Crippen LogP contribution < -0.4 is 10.5 Å². The molecule has 0 aliphatic rings. The summed E-state index contributed by atoms with van der Waals surface area (Å²) in [5.74, 6) is -0.295. The minimum Gasteiger partial charge on any atom is -0.399 e. The Balaban J connectivity index is 2.02. The van der Waals surface area contributed by atoms with E-state index >= 15 is 0 Å². The van der Waals surface area contributed by atoms with E-state index in [0.29, 0.717) is 12.1 Å². The van der Waals surface area contributed by atoms with Crippen LogP contribution in [0.15, 0.2) is 47.4 Å². The number of sulfonamides is 1. The Kier molecular flexibility index (Phi) is 4.59. The van der Waals surface area contributed by atoms with Crippen molar-refractivity contribution in [3.05, 3.63) is 59.4 Å². The van der Waals surface area contributed by atoms with Gasteiger partial charge in [0, 0.05) is 12.2 Å². The fourth-order valence-electron chi connectivity index (χ4n) is 2.02. The summed E-state index contributed by atoms with van der Waals surface area (Å²) in [6, 6.07) is 10.6. The maximum Gasteiger partial charge on any atom is 0.240 e. The minimum absolute atomic E-state index is 0.137. The highest BCUT2D eigenvalue weighted by atomic mass is 32.2. The van der Waals surface area contributed by atoms with Crippen LogP contribution in [0, 0.1) is 12.7 Å². The van der Waals surface area contributed by atoms with Crippen LogP contribution in [-0.4, -0.2) is 15.0 Å². The molecule has 2 aromatic rings. The highest BCUT2D eigenvalue weighted by Gasteiger charge is 2.13. The zero-order valence-corrected chi connectivity index (χ0v) is 12.5. The number of nitrogens with two attached hydrogens (primary N) is 1. The van der Waals surface area contributed by atoms with E-state index in [2.05, 4.69) is 4.72 Å². The molecule has 6 heteroatoms. The first kappa shape index (κ1) is 15.5. The lowest BCUT2D eigenvalue weighted by atomic mass is 10.1. The predicted molar refractivity (Wildman–Crippen MR) is 80.9 cm³/mol. The van der Waals surface area contributed by atoms with Crippen LogP contribution in [0.3, 0.4) is 0 Å². The molecule has 4 nitrogen and oxygen atoms in total. The van der Waals surface area contributed by atoms with Gasteiger partial charge in [0.15, 0.2) is 0 Å². The number of benzene rings is 2. The van der Waals surface area contributed by atoms with Crippen LogP contribution in [0.4, 0.5) is 10.1 Å². The Bertz CT molecular complexity index is 745. The monoisotopic (exact) mass is 308 g/mol. The molecule has 0 radical (unpaired) electrons. The molecule has 0 atom stereocenters. The van der Waals surface area contributed by atoms with Gasteiger partial charge in [-0.25, -0.2) is 17.5 Å². The molecular formula is C15H17FN2O2S. The van der Waals surface area contributed by atoms with Gasteiger partial charge in [-0.3, -0.25) is 0 Å². The fourth-order valence-corrected chi connectivity index (χ4v) is 3.11. The molecule has 112 valence electrons. The van der Waals surface area contributed by atoms with Crippen LogP contribution in [-0.2, 0) is 16.4 Å². The molecule has 0 fully saturated rings. The largest absolute Gasteiger partial charge is 0.399 e. The van der Waals surface area contributed by atoms with E-state index < -0.39 is 10.0 Å². The van der Waals surface area contributed by atoms with Crippen molar-refractivity contribution in [3.63, 3.8) is 0 Å². The summed E-state index contributed by atoms with van der Waals surface area (Å²) >= 11 is 0. The van der Waals surface area contributed by atoms with E-state index in [1.54, 1.807) is 25.1 Å². The van der Waals surface area contributed by atoms with Gasteiger partial charge in [-0.05, 0) is 54.8 Å². The summed E-state index contributed by atoms with van der Waals surface area (Å²) in [5, 5.41) is 0. The molecule has 0 saturated carbocycles. The summed E-state index contributed by atoms with van der Waals surface area (Å²) in [6.07, 6.45) is 0.494. The Labute approximate surface area is 123 Å². The van der Waals surface area contributed by atoms with Crippen LogP contribution >= 0.6 is 0 Å². The lowest BCUT2D eigenvalue weighted by Gasteiger charge is -2.09. The van der Waals surface area contributed by atoms with Gasteiger partial charge in [0.1, 0.15) is 5.82 Å². The van der Waals surface area contributed by atoms with E-state index in [1.165, 1.54) is 24.3 Å². The summed E-state index contributed by atoms with van der Waals surface area (Å²) in [6.45, 7) is 2.04. The predicted octanol–water partition coefficient (Wildman–Crippen LogP) is 2.24. The molecule has 0 spiro atoms. The van der Waals surface area contributed by atoms with Gasteiger partial charge < -0.3 is 5.73 Å². The van der Waals surface area contributed by atoms with Crippen LogP contribution in [0.2, 0.25) is 0 Å². The molecule has 2 rings (SSSR count). The zero-order valence-electron chi connectivity index (χ0n) is 11.6. The number of hydrogen-bond acceptors (Lipinski definition) is 3. The van der Waals surface area contributed by atoms with Crippen molar-refractivity contribution in [1.29, 1.82) is 0 Å². The summed E-state index contributed by atoms with van der Waals surface area (Å²) in [5.41, 5.74) is 7.69. The molecule has 0 aromatic heterocycles. The molecule has 0 amide bonds. The minimum atomic E-state index is -3.58. The molecule has 0 aliphatic heterocycles. The van der Waals surface area contributed by atoms with Gasteiger partial charge in [-0.15, -0.1) is 0 Å². The lowest BCUT2D eigenvalue weighted by Crippen LogP contribution is -2.26. The number of halogens is 1. The third-order valence-corrected chi connectivity index (χ3v) is 4.62. The average Bonchev–Trinajstić information content (AvgIpc) is 2.41.